The molecule has 3 fully saturated rings. The molecule has 6 rings (SSSR count). The van der Waals surface area contributed by atoms with Crippen molar-refractivity contribution < 1.29 is 19.5 Å². The second-order valence-electron chi connectivity index (χ2n) is 11.8. The first kappa shape index (κ1) is 27.6. The number of thioether (sulfide) groups is 1. The molecule has 2 saturated carbocycles. The number of amidine groups is 1. The molecule has 1 aliphatic heterocycles. The molecule has 0 spiro atoms. The molecule has 2 amide bonds. The molecule has 1 heterocycles. The lowest BCUT2D eigenvalue weighted by Gasteiger charge is -2.34. The van der Waals surface area contributed by atoms with Gasteiger partial charge in [0.2, 0.25) is 11.8 Å². The quantitative estimate of drug-likeness (QED) is 0.152. The van der Waals surface area contributed by atoms with Crippen LogP contribution in [0.25, 0.3) is 10.8 Å². The lowest BCUT2D eigenvalue weighted by molar-refractivity contribution is -0.143. The first-order valence-electron chi connectivity index (χ1n) is 14.1. The zero-order valence-electron chi connectivity index (χ0n) is 23.1. The number of nitrogens with zero attached hydrogens (tertiary/aromatic N) is 1. The van der Waals surface area contributed by atoms with Crippen molar-refractivity contribution in [2.45, 2.75) is 56.6 Å². The van der Waals surface area contributed by atoms with Crippen molar-refractivity contribution in [3.8, 4) is 0 Å². The van der Waals surface area contributed by atoms with Gasteiger partial charge in [-0.05, 0) is 59.6 Å². The fourth-order valence-corrected chi connectivity index (χ4v) is 7.74. The second-order valence-corrected chi connectivity index (χ2v) is 12.8. The number of carbonyl (C=O) groups excluding carboxylic acids is 3. The normalized spacial score (nSPS) is 26.9. The van der Waals surface area contributed by atoms with Crippen molar-refractivity contribution in [2.24, 2.45) is 21.7 Å². The molecule has 3 aromatic carbocycles. The highest BCUT2D eigenvalue weighted by atomic mass is 32.2. The van der Waals surface area contributed by atoms with Gasteiger partial charge < -0.3 is 21.1 Å². The number of Topliss-reactive ketones (excluding diaryl/α,β-unsaturated/α-hetero) is 1. The molecule has 8 nitrogen and oxygen atoms in total. The predicted octanol–water partition coefficient (Wildman–Crippen LogP) is 4.79. The van der Waals surface area contributed by atoms with Gasteiger partial charge in [0.15, 0.2) is 5.17 Å². The summed E-state index contributed by atoms with van der Waals surface area (Å²) in [6.45, 7) is 4.43. The smallest absolute Gasteiger partial charge is 0.241 e. The maximum absolute atomic E-state index is 14.0. The fraction of sp³-hybridized carbons (Fsp3) is 0.375. The van der Waals surface area contributed by atoms with E-state index in [-0.39, 0.29) is 23.5 Å². The van der Waals surface area contributed by atoms with E-state index in [9.17, 15) is 19.5 Å². The topological polar surface area (TPSA) is 120 Å². The number of amides is 2. The van der Waals surface area contributed by atoms with E-state index >= 15 is 0 Å². The molecule has 9 heteroatoms. The zero-order chi connectivity index (χ0) is 28.8. The third-order valence-electron chi connectivity index (χ3n) is 9.27. The van der Waals surface area contributed by atoms with Crippen molar-refractivity contribution in [3.63, 3.8) is 0 Å². The molecule has 2 aliphatic carbocycles. The summed E-state index contributed by atoms with van der Waals surface area (Å²) in [6, 6.07) is 20.6. The summed E-state index contributed by atoms with van der Waals surface area (Å²) < 4.78 is 0. The summed E-state index contributed by atoms with van der Waals surface area (Å²) in [5.41, 5.74) is -0.558. The molecular formula is C32H34N4O4S. The summed E-state index contributed by atoms with van der Waals surface area (Å²) >= 11 is 1.33. The van der Waals surface area contributed by atoms with E-state index in [0.29, 0.717) is 42.3 Å². The number of β-amino-alcohol motifs (C(OH)–C–C–N with tert-alkyl or cyclic N) is 1. The van der Waals surface area contributed by atoms with Gasteiger partial charge in [-0.2, -0.15) is 0 Å². The van der Waals surface area contributed by atoms with Gasteiger partial charge in [-0.1, -0.05) is 74.1 Å². The summed E-state index contributed by atoms with van der Waals surface area (Å²) in [7, 11) is 0. The van der Waals surface area contributed by atoms with Gasteiger partial charge in [0.25, 0.3) is 0 Å². The van der Waals surface area contributed by atoms with Crippen LogP contribution in [0, 0.1) is 16.7 Å². The Kier molecular flexibility index (Phi) is 7.21. The van der Waals surface area contributed by atoms with Crippen molar-refractivity contribution in [3.05, 3.63) is 66.7 Å². The third kappa shape index (κ3) is 4.86. The Morgan fingerprint density at radius 2 is 1.80 bits per heavy atom. The van der Waals surface area contributed by atoms with E-state index in [4.69, 9.17) is 4.99 Å². The van der Waals surface area contributed by atoms with Gasteiger partial charge in [-0.3, -0.25) is 14.4 Å². The Hall–Kier alpha value is -3.53. The van der Waals surface area contributed by atoms with E-state index in [0.717, 1.165) is 22.1 Å². The number of aliphatic hydroxyl groups is 1. The van der Waals surface area contributed by atoms with Crippen molar-refractivity contribution in [1.82, 2.24) is 10.6 Å². The maximum atomic E-state index is 14.0. The van der Waals surface area contributed by atoms with E-state index < -0.39 is 23.0 Å². The molecule has 1 saturated heterocycles. The number of hydrogen-bond acceptors (Lipinski definition) is 7. The van der Waals surface area contributed by atoms with Crippen molar-refractivity contribution in [1.29, 1.82) is 0 Å². The lowest BCUT2D eigenvalue weighted by atomic mass is 9.68. The predicted molar refractivity (Wildman–Crippen MR) is 161 cm³/mol. The van der Waals surface area contributed by atoms with Crippen LogP contribution in [0.2, 0.25) is 0 Å². The SMILES string of the molecule is CC1(C)[C@@H]2CC[C@]1(C(=O)NC(=Nc1ccccc1NC(=O)[C@@H]1C[C@@H](O)CN1)Sc1cccc3ccccc13)C(=O)C2. The average Bonchev–Trinajstić information content (AvgIpc) is 3.56. The van der Waals surface area contributed by atoms with E-state index in [1.165, 1.54) is 11.8 Å². The van der Waals surface area contributed by atoms with Crippen LogP contribution in [0.5, 0.6) is 0 Å². The van der Waals surface area contributed by atoms with E-state index in [1.807, 2.05) is 62.4 Å². The maximum Gasteiger partial charge on any atom is 0.241 e. The Morgan fingerprint density at radius 1 is 1.05 bits per heavy atom. The molecule has 3 aromatic rings. The third-order valence-corrected chi connectivity index (χ3v) is 10.2. The minimum Gasteiger partial charge on any atom is -0.392 e. The highest BCUT2D eigenvalue weighted by Crippen LogP contribution is 2.64. The van der Waals surface area contributed by atoms with Crippen LogP contribution in [-0.2, 0) is 14.4 Å². The molecule has 0 radical (unpaired) electrons. The van der Waals surface area contributed by atoms with Crippen LogP contribution in [0.1, 0.15) is 39.5 Å². The number of nitrogens with one attached hydrogen (secondary N) is 3. The largest absolute Gasteiger partial charge is 0.392 e. The number of para-hydroxylation sites is 2. The number of hydrogen-bond donors (Lipinski definition) is 4. The minimum atomic E-state index is -1.08. The fourth-order valence-electron chi connectivity index (χ4n) is 6.80. The van der Waals surface area contributed by atoms with Gasteiger partial charge in [0.1, 0.15) is 11.2 Å². The number of benzene rings is 3. The monoisotopic (exact) mass is 570 g/mol. The first-order chi connectivity index (χ1) is 19.7. The zero-order valence-corrected chi connectivity index (χ0v) is 24.0. The van der Waals surface area contributed by atoms with Crippen LogP contribution in [0.3, 0.4) is 0 Å². The van der Waals surface area contributed by atoms with Crippen LogP contribution < -0.4 is 16.0 Å². The summed E-state index contributed by atoms with van der Waals surface area (Å²) in [4.78, 5) is 46.0. The Balaban J connectivity index is 1.36. The minimum absolute atomic E-state index is 0.00433. The Bertz CT molecular complexity index is 1560. The number of fused-ring (bicyclic) bond motifs is 3. The summed E-state index contributed by atoms with van der Waals surface area (Å²) in [5.74, 6) is -0.370. The Morgan fingerprint density at radius 3 is 2.54 bits per heavy atom. The molecule has 41 heavy (non-hydrogen) atoms. The van der Waals surface area contributed by atoms with Gasteiger partial charge in [-0.15, -0.1) is 0 Å². The highest BCUT2D eigenvalue weighted by molar-refractivity contribution is 8.14. The molecule has 0 unspecified atom stereocenters. The highest BCUT2D eigenvalue weighted by Gasteiger charge is 2.68. The van der Waals surface area contributed by atoms with Gasteiger partial charge >= 0.3 is 0 Å². The summed E-state index contributed by atoms with van der Waals surface area (Å²) in [6.07, 6.45) is 1.60. The summed E-state index contributed by atoms with van der Waals surface area (Å²) in [5, 5.41) is 21.3. The molecular weight excluding hydrogens is 536 g/mol. The molecule has 3 aliphatic rings. The molecule has 0 aromatic heterocycles. The molecule has 2 bridgehead atoms. The number of aliphatic hydroxyl groups excluding tert-OH is 1. The second kappa shape index (κ2) is 10.7. The van der Waals surface area contributed by atoms with Gasteiger partial charge in [0, 0.05) is 17.9 Å². The first-order valence-corrected chi connectivity index (χ1v) is 14.9. The van der Waals surface area contributed by atoms with Crippen molar-refractivity contribution >= 4 is 56.7 Å². The molecule has 4 atom stereocenters. The molecule has 4 N–H and O–H groups in total. The van der Waals surface area contributed by atoms with Crippen LogP contribution in [0.4, 0.5) is 11.4 Å². The number of carbonyl (C=O) groups is 3. The van der Waals surface area contributed by atoms with Crippen LogP contribution in [-0.4, -0.2) is 46.6 Å². The van der Waals surface area contributed by atoms with Crippen LogP contribution >= 0.6 is 11.8 Å². The number of ketones is 1. The number of aliphatic imine (C=N–C) groups is 1. The number of rotatable bonds is 5. The standard InChI is InChI=1S/C32H34N4O4S/c1-31(2)20-14-15-32(31,27(38)16-20)29(40)36-30(41-26-13-7-9-19-8-3-4-10-22(19)26)35-24-12-6-5-11-23(24)34-28(39)25-17-21(37)18-33-25/h3-13,20-21,25,33,37H,14-18H2,1-2H3,(H,34,39)(H,35,36,40)/t20-,21-,25+,32-/m1/s1. The molecule has 212 valence electrons. The van der Waals surface area contributed by atoms with Gasteiger partial charge in [0.05, 0.1) is 23.5 Å². The number of anilines is 1. The van der Waals surface area contributed by atoms with Crippen molar-refractivity contribution in [2.75, 3.05) is 11.9 Å². The average molecular weight is 571 g/mol. The Labute approximate surface area is 243 Å². The van der Waals surface area contributed by atoms with E-state index in [1.54, 1.807) is 18.2 Å². The van der Waals surface area contributed by atoms with Gasteiger partial charge in [-0.25, -0.2) is 4.99 Å². The van der Waals surface area contributed by atoms with Crippen LogP contribution in [0.15, 0.2) is 76.6 Å². The lowest BCUT2D eigenvalue weighted by Crippen LogP contribution is -2.50. The van der Waals surface area contributed by atoms with E-state index in [2.05, 4.69) is 16.0 Å².